The van der Waals surface area contributed by atoms with Crippen LogP contribution in [0.3, 0.4) is 0 Å². The van der Waals surface area contributed by atoms with Gasteiger partial charge in [-0.1, -0.05) is 39.9 Å². The van der Waals surface area contributed by atoms with E-state index in [1.165, 1.54) is 12.1 Å². The van der Waals surface area contributed by atoms with Gasteiger partial charge in [0.1, 0.15) is 0 Å². The number of hydrogen-bond donors (Lipinski definition) is 0. The molecule has 0 aromatic carbocycles. The SMILES string of the molecule is C.CC[SiH](C)CC. The molecule has 1 heteroatoms. The fraction of sp³-hybridized carbons (Fsp3) is 1.00. The molecule has 0 heterocycles. The van der Waals surface area contributed by atoms with E-state index in [2.05, 4.69) is 20.4 Å². The Bertz CT molecular complexity index is 23.4. The normalized spacial score (nSPS) is 8.57. The van der Waals surface area contributed by atoms with E-state index in [-0.39, 0.29) is 16.2 Å². The molecule has 0 aliphatic rings. The maximum Gasteiger partial charge on any atom is 0.0331 e. The number of hydrogen-bond acceptors (Lipinski definition) is 0. The standard InChI is InChI=1S/C5H14Si.CH4/c1-4-6(3)5-2;/h6H,4-5H2,1-3H3;1H4. The zero-order valence-corrected chi connectivity index (χ0v) is 6.15. The molecule has 0 nitrogen and oxygen atoms in total. The van der Waals surface area contributed by atoms with Crippen molar-refractivity contribution in [3.8, 4) is 0 Å². The van der Waals surface area contributed by atoms with E-state index < -0.39 is 0 Å². The van der Waals surface area contributed by atoms with Crippen LogP contribution in [0.15, 0.2) is 0 Å². The first kappa shape index (κ1) is 10.2. The summed E-state index contributed by atoms with van der Waals surface area (Å²) in [7, 11) is -0.160. The van der Waals surface area contributed by atoms with Gasteiger partial charge in [-0.2, -0.15) is 0 Å². The highest BCUT2D eigenvalue weighted by Crippen LogP contribution is 1.93. The van der Waals surface area contributed by atoms with Crippen molar-refractivity contribution in [3.63, 3.8) is 0 Å². The van der Waals surface area contributed by atoms with E-state index in [1.54, 1.807) is 0 Å². The molecule has 0 saturated heterocycles. The summed E-state index contributed by atoms with van der Waals surface area (Å²) in [6.07, 6.45) is 0. The highest BCUT2D eigenvalue weighted by atomic mass is 28.3. The van der Waals surface area contributed by atoms with Crippen LogP contribution in [0.25, 0.3) is 0 Å². The maximum absolute atomic E-state index is 2.42. The molecule has 0 N–H and O–H groups in total. The molecule has 0 spiro atoms. The Morgan fingerprint density at radius 2 is 1.43 bits per heavy atom. The zero-order valence-electron chi connectivity index (χ0n) is 4.99. The Labute approximate surface area is 49.5 Å². The predicted octanol–water partition coefficient (Wildman–Crippen LogP) is 2.52. The lowest BCUT2D eigenvalue weighted by Crippen LogP contribution is -1.99. The minimum Gasteiger partial charge on any atom is -0.0776 e. The lowest BCUT2D eigenvalue weighted by Gasteiger charge is -1.96. The fourth-order valence-corrected chi connectivity index (χ4v) is 0.866. The predicted molar refractivity (Wildman–Crippen MR) is 40.7 cm³/mol. The van der Waals surface area contributed by atoms with Crippen LogP contribution >= 0.6 is 0 Å². The van der Waals surface area contributed by atoms with E-state index in [1.807, 2.05) is 0 Å². The van der Waals surface area contributed by atoms with Gasteiger partial charge >= 0.3 is 0 Å². The van der Waals surface area contributed by atoms with E-state index in [4.69, 9.17) is 0 Å². The van der Waals surface area contributed by atoms with Crippen LogP contribution in [-0.4, -0.2) is 8.80 Å². The third kappa shape index (κ3) is 6.22. The maximum atomic E-state index is 2.42. The van der Waals surface area contributed by atoms with Crippen molar-refractivity contribution >= 4 is 8.80 Å². The fourth-order valence-electron chi connectivity index (χ4n) is 0.289. The molecular formula is C6H18Si. The summed E-state index contributed by atoms with van der Waals surface area (Å²) in [5.41, 5.74) is 0. The van der Waals surface area contributed by atoms with Crippen LogP contribution < -0.4 is 0 Å². The third-order valence-electron chi connectivity index (χ3n) is 1.39. The second kappa shape index (κ2) is 6.22. The first-order valence-electron chi connectivity index (χ1n) is 2.81. The second-order valence-corrected chi connectivity index (χ2v) is 5.77. The summed E-state index contributed by atoms with van der Waals surface area (Å²) in [6.45, 7) is 7.00. The summed E-state index contributed by atoms with van der Waals surface area (Å²) >= 11 is 0. The summed E-state index contributed by atoms with van der Waals surface area (Å²) in [5.74, 6) is 0. The minimum atomic E-state index is -0.160. The van der Waals surface area contributed by atoms with Gasteiger partial charge in [0.15, 0.2) is 0 Å². The van der Waals surface area contributed by atoms with Gasteiger partial charge in [0.2, 0.25) is 0 Å². The molecule has 0 fully saturated rings. The van der Waals surface area contributed by atoms with Crippen molar-refractivity contribution in [1.29, 1.82) is 0 Å². The van der Waals surface area contributed by atoms with E-state index in [9.17, 15) is 0 Å². The van der Waals surface area contributed by atoms with Gasteiger partial charge in [-0.15, -0.1) is 0 Å². The molecule has 0 bridgehead atoms. The van der Waals surface area contributed by atoms with E-state index in [0.717, 1.165) is 0 Å². The molecule has 0 rings (SSSR count). The Morgan fingerprint density at radius 1 is 1.14 bits per heavy atom. The van der Waals surface area contributed by atoms with Crippen molar-refractivity contribution in [2.45, 2.75) is 39.9 Å². The van der Waals surface area contributed by atoms with Crippen molar-refractivity contribution in [2.24, 2.45) is 0 Å². The molecule has 0 radical (unpaired) electrons. The van der Waals surface area contributed by atoms with Crippen LogP contribution in [0, 0.1) is 0 Å². The van der Waals surface area contributed by atoms with Crippen molar-refractivity contribution < 1.29 is 0 Å². The van der Waals surface area contributed by atoms with Crippen LogP contribution in [0.1, 0.15) is 21.3 Å². The summed E-state index contributed by atoms with van der Waals surface area (Å²) < 4.78 is 0. The Kier molecular flexibility index (Phi) is 9.10. The minimum absolute atomic E-state index is 0. The van der Waals surface area contributed by atoms with Gasteiger partial charge in [-0.05, 0) is 0 Å². The van der Waals surface area contributed by atoms with Gasteiger partial charge in [0, 0.05) is 8.80 Å². The lowest BCUT2D eigenvalue weighted by molar-refractivity contribution is 1.31. The molecule has 0 aromatic heterocycles. The smallest absolute Gasteiger partial charge is 0.0331 e. The monoisotopic (exact) mass is 118 g/mol. The van der Waals surface area contributed by atoms with Crippen molar-refractivity contribution in [3.05, 3.63) is 0 Å². The molecular weight excluding hydrogens is 100 g/mol. The molecule has 0 saturated carbocycles. The molecule has 0 atom stereocenters. The number of rotatable bonds is 2. The molecule has 46 valence electrons. The van der Waals surface area contributed by atoms with Gasteiger partial charge in [0.25, 0.3) is 0 Å². The Balaban J connectivity index is 0. The summed E-state index contributed by atoms with van der Waals surface area (Å²) in [4.78, 5) is 0. The van der Waals surface area contributed by atoms with Gasteiger partial charge < -0.3 is 0 Å². The average molecular weight is 118 g/mol. The third-order valence-corrected chi connectivity index (χ3v) is 4.18. The largest absolute Gasteiger partial charge is 0.0776 e. The molecule has 0 aromatic rings. The van der Waals surface area contributed by atoms with Crippen LogP contribution in [0.2, 0.25) is 18.6 Å². The van der Waals surface area contributed by atoms with Crippen molar-refractivity contribution in [1.82, 2.24) is 0 Å². The van der Waals surface area contributed by atoms with E-state index in [0.29, 0.717) is 0 Å². The topological polar surface area (TPSA) is 0 Å². The van der Waals surface area contributed by atoms with E-state index >= 15 is 0 Å². The highest BCUT2D eigenvalue weighted by molar-refractivity contribution is 6.56. The molecule has 0 aliphatic heterocycles. The summed E-state index contributed by atoms with van der Waals surface area (Å²) in [6, 6.07) is 2.94. The highest BCUT2D eigenvalue weighted by Gasteiger charge is 1.91. The lowest BCUT2D eigenvalue weighted by atomic mass is 10.9. The quantitative estimate of drug-likeness (QED) is 0.489. The average Bonchev–Trinajstić information content (AvgIpc) is 1.65. The van der Waals surface area contributed by atoms with Crippen LogP contribution in [0.4, 0.5) is 0 Å². The Hall–Kier alpha value is 0.217. The molecule has 7 heavy (non-hydrogen) atoms. The van der Waals surface area contributed by atoms with Gasteiger partial charge in [-0.3, -0.25) is 0 Å². The first-order valence-corrected chi connectivity index (χ1v) is 5.60. The van der Waals surface area contributed by atoms with Gasteiger partial charge in [-0.25, -0.2) is 0 Å². The zero-order chi connectivity index (χ0) is 4.99. The molecule has 0 unspecified atom stereocenters. The van der Waals surface area contributed by atoms with Crippen LogP contribution in [-0.2, 0) is 0 Å². The van der Waals surface area contributed by atoms with Gasteiger partial charge in [0.05, 0.1) is 0 Å². The molecule has 0 amide bonds. The second-order valence-electron chi connectivity index (χ2n) is 1.92. The first-order chi connectivity index (χ1) is 2.81. The van der Waals surface area contributed by atoms with Crippen molar-refractivity contribution in [2.75, 3.05) is 0 Å². The Morgan fingerprint density at radius 3 is 1.43 bits per heavy atom. The van der Waals surface area contributed by atoms with Crippen LogP contribution in [0.5, 0.6) is 0 Å². The molecule has 0 aliphatic carbocycles. The summed E-state index contributed by atoms with van der Waals surface area (Å²) in [5, 5.41) is 0.